The van der Waals surface area contributed by atoms with Crippen LogP contribution in [0.3, 0.4) is 0 Å². The third-order valence-corrected chi connectivity index (χ3v) is 8.64. The summed E-state index contributed by atoms with van der Waals surface area (Å²) in [5.41, 5.74) is 1.68. The summed E-state index contributed by atoms with van der Waals surface area (Å²) in [4.78, 5) is 15.8. The van der Waals surface area contributed by atoms with Gasteiger partial charge in [-0.15, -0.1) is 0 Å². The maximum absolute atomic E-state index is 14.0. The number of hydrogen-bond donors (Lipinski definition) is 0. The van der Waals surface area contributed by atoms with Crippen LogP contribution in [0.1, 0.15) is 44.1 Å². The minimum absolute atomic E-state index is 0.00101. The number of aryl methyl sites for hydroxylation is 1. The number of rotatable bonds is 3. The van der Waals surface area contributed by atoms with Gasteiger partial charge in [0.25, 0.3) is 0 Å². The lowest BCUT2D eigenvalue weighted by atomic mass is 9.49. The number of amides is 1. The maximum atomic E-state index is 14.0. The van der Waals surface area contributed by atoms with Gasteiger partial charge in [0.1, 0.15) is 0 Å². The molecule has 1 amide bonds. The number of hydrogen-bond acceptors (Lipinski definition) is 3. The lowest BCUT2D eigenvalue weighted by molar-refractivity contribution is -0.143. The number of sulfone groups is 1. The van der Waals surface area contributed by atoms with Crippen LogP contribution in [-0.2, 0) is 14.6 Å². The highest BCUT2D eigenvalue weighted by Gasteiger charge is 2.56. The van der Waals surface area contributed by atoms with Gasteiger partial charge in [-0.1, -0.05) is 17.7 Å². The second-order valence-electron chi connectivity index (χ2n) is 9.43. The van der Waals surface area contributed by atoms with E-state index in [4.69, 9.17) is 0 Å². The van der Waals surface area contributed by atoms with E-state index in [0.717, 1.165) is 30.5 Å². The summed E-state index contributed by atoms with van der Waals surface area (Å²) in [5, 5.41) is 1.28. The molecule has 4 saturated carbocycles. The van der Waals surface area contributed by atoms with Crippen LogP contribution in [0.15, 0.2) is 35.7 Å². The third kappa shape index (κ3) is 2.95. The molecule has 0 saturated heterocycles. The summed E-state index contributed by atoms with van der Waals surface area (Å²) in [6.45, 7) is 2.02. The van der Waals surface area contributed by atoms with Crippen molar-refractivity contribution in [2.45, 2.75) is 51.5 Å². The SMILES string of the molecule is Cc1ccc(N(C(=O)C23CC4CC(CC(C4)C2)C3)C2C=CS(=O)(=O)C2)cc1. The molecule has 1 heterocycles. The standard InChI is InChI=1S/C22H27NO3S/c1-15-2-4-19(5-3-15)23(20-6-7-27(25,26)14-20)21(24)22-11-16-8-17(12-22)10-18(9-16)13-22/h2-7,16-18,20H,8-14H2,1H3. The van der Waals surface area contributed by atoms with E-state index in [9.17, 15) is 13.2 Å². The van der Waals surface area contributed by atoms with Crippen molar-refractivity contribution in [1.82, 2.24) is 0 Å². The van der Waals surface area contributed by atoms with Crippen molar-refractivity contribution in [1.29, 1.82) is 0 Å². The molecule has 5 heteroatoms. The first-order valence-electron chi connectivity index (χ1n) is 10.1. The molecule has 5 aliphatic rings. The van der Waals surface area contributed by atoms with Crippen molar-refractivity contribution >= 4 is 21.4 Å². The van der Waals surface area contributed by atoms with Gasteiger partial charge in [-0.05, 0) is 81.4 Å². The molecule has 27 heavy (non-hydrogen) atoms. The van der Waals surface area contributed by atoms with Gasteiger partial charge in [-0.3, -0.25) is 4.79 Å². The second-order valence-corrected chi connectivity index (χ2v) is 11.4. The molecule has 1 aromatic rings. The van der Waals surface area contributed by atoms with E-state index in [2.05, 4.69) is 0 Å². The molecular weight excluding hydrogens is 358 g/mol. The summed E-state index contributed by atoms with van der Waals surface area (Å²) in [5.74, 6) is 2.21. The van der Waals surface area contributed by atoms with E-state index in [-0.39, 0.29) is 17.1 Å². The van der Waals surface area contributed by atoms with Gasteiger partial charge in [0.15, 0.2) is 9.84 Å². The summed E-state index contributed by atoms with van der Waals surface area (Å²) in [6.07, 6.45) is 8.53. The molecule has 4 bridgehead atoms. The van der Waals surface area contributed by atoms with Gasteiger partial charge in [-0.25, -0.2) is 8.42 Å². The van der Waals surface area contributed by atoms with Crippen LogP contribution in [0.2, 0.25) is 0 Å². The highest BCUT2D eigenvalue weighted by molar-refractivity contribution is 7.94. The fourth-order valence-electron chi connectivity index (χ4n) is 6.51. The Hall–Kier alpha value is -1.62. The fourth-order valence-corrected chi connectivity index (χ4v) is 7.78. The molecule has 0 N–H and O–H groups in total. The average Bonchev–Trinajstić information content (AvgIpc) is 2.95. The first kappa shape index (κ1) is 17.5. The van der Waals surface area contributed by atoms with Crippen LogP contribution in [0.25, 0.3) is 0 Å². The van der Waals surface area contributed by atoms with Crippen molar-refractivity contribution in [3.63, 3.8) is 0 Å². The molecule has 0 radical (unpaired) electrons. The molecule has 1 unspecified atom stereocenters. The predicted molar refractivity (Wildman–Crippen MR) is 106 cm³/mol. The minimum Gasteiger partial charge on any atom is -0.304 e. The fraction of sp³-hybridized carbons (Fsp3) is 0.591. The van der Waals surface area contributed by atoms with Crippen LogP contribution in [0.5, 0.6) is 0 Å². The molecule has 1 aromatic carbocycles. The zero-order chi connectivity index (χ0) is 18.8. The topological polar surface area (TPSA) is 54.5 Å². The number of anilines is 1. The Labute approximate surface area is 161 Å². The quantitative estimate of drug-likeness (QED) is 0.794. The number of carbonyl (C=O) groups excluding carboxylic acids is 1. The number of carbonyl (C=O) groups is 1. The zero-order valence-electron chi connectivity index (χ0n) is 15.8. The Bertz CT molecular complexity index is 865. The Morgan fingerprint density at radius 3 is 2.04 bits per heavy atom. The second kappa shape index (κ2) is 5.94. The highest BCUT2D eigenvalue weighted by atomic mass is 32.2. The zero-order valence-corrected chi connectivity index (χ0v) is 16.6. The van der Waals surface area contributed by atoms with E-state index in [1.165, 1.54) is 24.7 Å². The molecule has 4 aliphatic carbocycles. The lowest BCUT2D eigenvalue weighted by Crippen LogP contribution is -2.57. The summed E-state index contributed by atoms with van der Waals surface area (Å²) in [6, 6.07) is 7.54. The van der Waals surface area contributed by atoms with Gasteiger partial charge in [0, 0.05) is 11.1 Å². The van der Waals surface area contributed by atoms with Gasteiger partial charge in [0.05, 0.1) is 17.2 Å². The highest BCUT2D eigenvalue weighted by Crippen LogP contribution is 2.60. The molecule has 4 nitrogen and oxygen atoms in total. The normalized spacial score (nSPS) is 38.3. The van der Waals surface area contributed by atoms with Crippen LogP contribution < -0.4 is 4.90 Å². The van der Waals surface area contributed by atoms with Gasteiger partial charge >= 0.3 is 0 Å². The van der Waals surface area contributed by atoms with Crippen LogP contribution in [0, 0.1) is 30.1 Å². The molecule has 4 fully saturated rings. The summed E-state index contributed by atoms with van der Waals surface area (Å²) >= 11 is 0. The van der Waals surface area contributed by atoms with E-state index in [1.54, 1.807) is 6.08 Å². The largest absolute Gasteiger partial charge is 0.304 e. The summed E-state index contributed by atoms with van der Waals surface area (Å²) in [7, 11) is -3.22. The van der Waals surface area contributed by atoms with Gasteiger partial charge in [0.2, 0.25) is 5.91 Å². The maximum Gasteiger partial charge on any atom is 0.233 e. The van der Waals surface area contributed by atoms with Gasteiger partial charge < -0.3 is 4.90 Å². The van der Waals surface area contributed by atoms with Crippen molar-refractivity contribution in [2.75, 3.05) is 10.7 Å². The number of nitrogens with zero attached hydrogens (tertiary/aromatic N) is 1. The Balaban J connectivity index is 1.53. The van der Waals surface area contributed by atoms with E-state index in [0.29, 0.717) is 17.8 Å². The first-order chi connectivity index (χ1) is 12.8. The lowest BCUT2D eigenvalue weighted by Gasteiger charge is -2.57. The van der Waals surface area contributed by atoms with Crippen molar-refractivity contribution < 1.29 is 13.2 Å². The summed E-state index contributed by atoms with van der Waals surface area (Å²) < 4.78 is 24.2. The van der Waals surface area contributed by atoms with Crippen LogP contribution >= 0.6 is 0 Å². The van der Waals surface area contributed by atoms with E-state index >= 15 is 0 Å². The Morgan fingerprint density at radius 2 is 1.56 bits per heavy atom. The molecule has 0 aromatic heterocycles. The smallest absolute Gasteiger partial charge is 0.233 e. The Kier molecular flexibility index (Phi) is 3.84. The molecule has 1 aliphatic heterocycles. The van der Waals surface area contributed by atoms with E-state index < -0.39 is 15.9 Å². The number of benzene rings is 1. The molecule has 0 spiro atoms. The van der Waals surface area contributed by atoms with E-state index in [1.807, 2.05) is 36.1 Å². The molecule has 1 atom stereocenters. The van der Waals surface area contributed by atoms with Crippen LogP contribution in [-0.4, -0.2) is 26.1 Å². The average molecular weight is 386 g/mol. The Morgan fingerprint density at radius 1 is 1.00 bits per heavy atom. The first-order valence-corrected chi connectivity index (χ1v) is 11.9. The van der Waals surface area contributed by atoms with Crippen LogP contribution in [0.4, 0.5) is 5.69 Å². The predicted octanol–water partition coefficient (Wildman–Crippen LogP) is 3.86. The minimum atomic E-state index is -3.22. The monoisotopic (exact) mass is 385 g/mol. The molecule has 144 valence electrons. The molecule has 6 rings (SSSR count). The van der Waals surface area contributed by atoms with Crippen molar-refractivity contribution in [3.8, 4) is 0 Å². The van der Waals surface area contributed by atoms with Crippen molar-refractivity contribution in [2.24, 2.45) is 23.2 Å². The van der Waals surface area contributed by atoms with Crippen molar-refractivity contribution in [3.05, 3.63) is 41.3 Å². The molecular formula is C22H27NO3S. The van der Waals surface area contributed by atoms with Gasteiger partial charge in [-0.2, -0.15) is 0 Å². The third-order valence-electron chi connectivity index (χ3n) is 7.27.